The van der Waals surface area contributed by atoms with Gasteiger partial charge in [0.05, 0.1) is 17.1 Å². The number of halogens is 6. The first-order valence-corrected chi connectivity index (χ1v) is 34.4. The van der Waals surface area contributed by atoms with Gasteiger partial charge in [-0.2, -0.15) is 0 Å². The number of nitrogens with zero attached hydrogens (tertiary/aromatic N) is 5. The van der Waals surface area contributed by atoms with E-state index in [2.05, 4.69) is 132 Å². The number of nitrogens with one attached hydrogen (secondary N) is 1. The molecule has 3 unspecified atom stereocenters. The maximum Gasteiger partial charge on any atom is 0.0740 e. The molecule has 0 radical (unpaired) electrons. The summed E-state index contributed by atoms with van der Waals surface area (Å²) in [6.07, 6.45) is 25.0. The van der Waals surface area contributed by atoms with Gasteiger partial charge in [-0.25, -0.2) is 0 Å². The largest absolute Gasteiger partial charge is 0.385 e. The van der Waals surface area contributed by atoms with Crippen LogP contribution in [0.3, 0.4) is 0 Å². The van der Waals surface area contributed by atoms with Crippen molar-refractivity contribution in [2.24, 2.45) is 0 Å². The fourth-order valence-electron chi connectivity index (χ4n) is 13.9. The van der Waals surface area contributed by atoms with Crippen molar-refractivity contribution < 1.29 is 14.2 Å². The lowest BCUT2D eigenvalue weighted by atomic mass is 9.85. The fourth-order valence-corrected chi connectivity index (χ4v) is 15.6. The summed E-state index contributed by atoms with van der Waals surface area (Å²) in [5.74, 6) is 0. The number of aromatic nitrogens is 3. The van der Waals surface area contributed by atoms with Crippen LogP contribution >= 0.6 is 82.6 Å². The molecule has 3 aliphatic heterocycles. The smallest absolute Gasteiger partial charge is 0.0740 e. The highest BCUT2D eigenvalue weighted by Gasteiger charge is 2.32. The Hall–Kier alpha value is -3.60. The second-order valence-corrected chi connectivity index (χ2v) is 28.1. The van der Waals surface area contributed by atoms with E-state index in [0.29, 0.717) is 18.1 Å². The van der Waals surface area contributed by atoms with Crippen molar-refractivity contribution in [3.8, 4) is 0 Å². The molecule has 6 aromatic rings. The molecule has 86 heavy (non-hydrogen) atoms. The molecule has 3 fully saturated rings. The summed E-state index contributed by atoms with van der Waals surface area (Å²) in [6, 6.07) is 27.4. The van der Waals surface area contributed by atoms with Gasteiger partial charge in [0.25, 0.3) is 0 Å². The van der Waals surface area contributed by atoms with E-state index >= 15 is 0 Å². The zero-order valence-corrected chi connectivity index (χ0v) is 57.6. The molecule has 3 aromatic carbocycles. The minimum Gasteiger partial charge on any atom is -0.385 e. The third kappa shape index (κ3) is 16.3. The Labute approximate surface area is 551 Å². The van der Waals surface area contributed by atoms with Crippen LogP contribution in [0, 0.1) is 0 Å². The highest BCUT2D eigenvalue weighted by atomic mass is 79.9. The van der Waals surface area contributed by atoms with E-state index in [0.717, 1.165) is 201 Å². The Morgan fingerprint density at radius 3 is 1.17 bits per heavy atom. The lowest BCUT2D eigenvalue weighted by molar-refractivity contribution is 0.160. The molecule has 12 rings (SSSR count). The third-order valence-electron chi connectivity index (χ3n) is 18.3. The molecule has 15 heteroatoms. The van der Waals surface area contributed by atoms with Gasteiger partial charge in [-0.3, -0.25) is 15.0 Å². The van der Waals surface area contributed by atoms with E-state index in [-0.39, 0.29) is 0 Å². The molecule has 3 aliphatic carbocycles. The monoisotopic (exact) mass is 1410 g/mol. The average Bonchev–Trinajstić information content (AvgIpc) is 1.90. The van der Waals surface area contributed by atoms with Crippen molar-refractivity contribution in [2.75, 3.05) is 74.9 Å². The van der Waals surface area contributed by atoms with Crippen molar-refractivity contribution in [3.05, 3.63) is 204 Å². The Bertz CT molecular complexity index is 3140. The van der Waals surface area contributed by atoms with Gasteiger partial charge in [-0.1, -0.05) is 69.7 Å². The van der Waals surface area contributed by atoms with Gasteiger partial charge in [0.1, 0.15) is 0 Å². The van der Waals surface area contributed by atoms with Crippen molar-refractivity contribution in [2.45, 2.75) is 134 Å². The summed E-state index contributed by atoms with van der Waals surface area (Å²) in [7, 11) is 9.85. The standard InChI is InChI=1S/2C24H28BrClN2O.C23H26BrClN2O/c2*1-28-10-9-17(14-21(28)4-3-11-29-2)23-22-8-7-20(26)13-16(22)5-6-18-12-19(25)15-27-24(18)23;1-28-10-2-3-20-13-16(8-9-26-20)22-21-7-6-19(25)12-15(21)4-5-17-11-18(24)14-27-23(17)22/h2*7-8,12-13,15,21H,3-6,9-11,14H2,1-2H3;6-7,11-12,14,20,26H,2-5,8-10,13H2,1H3. The molecule has 3 saturated heterocycles. The Kier molecular flexibility index (Phi) is 23.9. The van der Waals surface area contributed by atoms with Gasteiger partial charge in [-0.15, -0.1) is 0 Å². The molecule has 3 aromatic heterocycles. The molecule has 9 nitrogen and oxygen atoms in total. The molecule has 6 aliphatic rings. The number of hydrogen-bond acceptors (Lipinski definition) is 9. The molecule has 0 saturated carbocycles. The van der Waals surface area contributed by atoms with Crippen LogP contribution in [0.5, 0.6) is 0 Å². The first kappa shape index (κ1) is 65.4. The molecule has 456 valence electrons. The predicted molar refractivity (Wildman–Crippen MR) is 366 cm³/mol. The summed E-state index contributed by atoms with van der Waals surface area (Å²) in [4.78, 5) is 19.7. The van der Waals surface area contributed by atoms with Crippen molar-refractivity contribution >= 4 is 99.3 Å². The number of fused-ring (bicyclic) bond motifs is 6. The number of benzene rings is 3. The third-order valence-corrected chi connectivity index (χ3v) is 20.3. The van der Waals surface area contributed by atoms with Gasteiger partial charge >= 0.3 is 0 Å². The maximum atomic E-state index is 6.36. The van der Waals surface area contributed by atoms with E-state index in [1.165, 1.54) is 83.5 Å². The highest BCUT2D eigenvalue weighted by Crippen LogP contribution is 2.44. The van der Waals surface area contributed by atoms with E-state index in [4.69, 9.17) is 64.0 Å². The van der Waals surface area contributed by atoms with Gasteiger partial charge in [0.15, 0.2) is 0 Å². The Morgan fingerprint density at radius 2 is 0.802 bits per heavy atom. The number of pyridine rings is 3. The number of methoxy groups -OCH3 is 3. The fraction of sp³-hybridized carbons (Fsp3) is 0.451. The number of hydrogen-bond donors (Lipinski definition) is 1. The van der Waals surface area contributed by atoms with Gasteiger partial charge < -0.3 is 29.3 Å². The summed E-state index contributed by atoms with van der Waals surface area (Å²) < 4.78 is 18.9. The van der Waals surface area contributed by atoms with E-state index < -0.39 is 0 Å². The summed E-state index contributed by atoms with van der Waals surface area (Å²) in [6.45, 7) is 5.68. The van der Waals surface area contributed by atoms with Crippen molar-refractivity contribution in [1.29, 1.82) is 0 Å². The van der Waals surface area contributed by atoms with Crippen LogP contribution in [-0.2, 0) is 52.7 Å². The Morgan fingerprint density at radius 1 is 0.453 bits per heavy atom. The second-order valence-electron chi connectivity index (χ2n) is 24.0. The van der Waals surface area contributed by atoms with Crippen LogP contribution in [0.1, 0.15) is 144 Å². The lowest BCUT2D eigenvalue weighted by Crippen LogP contribution is -2.37. The number of ether oxygens (including phenoxy) is 3. The number of aryl methyl sites for hydroxylation is 6. The minimum absolute atomic E-state index is 0.504. The highest BCUT2D eigenvalue weighted by molar-refractivity contribution is 9.11. The first-order valence-electron chi connectivity index (χ1n) is 30.9. The number of likely N-dealkylation sites (tertiary alicyclic amines) is 2. The Balaban J connectivity index is 0.000000143. The van der Waals surface area contributed by atoms with Crippen molar-refractivity contribution in [1.82, 2.24) is 30.1 Å². The van der Waals surface area contributed by atoms with Gasteiger partial charge in [-0.05, 0) is 289 Å². The molecule has 3 atom stereocenters. The van der Waals surface area contributed by atoms with E-state index in [1.807, 2.05) is 36.8 Å². The lowest BCUT2D eigenvalue weighted by Gasteiger charge is -2.35. The molecule has 0 spiro atoms. The number of rotatable bonds is 12. The molecule has 6 heterocycles. The maximum absolute atomic E-state index is 6.36. The van der Waals surface area contributed by atoms with Gasteiger partial charge in [0, 0.05) is 136 Å². The zero-order chi connectivity index (χ0) is 60.3. The summed E-state index contributed by atoms with van der Waals surface area (Å²) in [5.41, 5.74) is 24.0. The predicted octanol–water partition coefficient (Wildman–Crippen LogP) is 17.4. The molecule has 1 N–H and O–H groups in total. The molecule has 0 bridgehead atoms. The average molecular weight is 1410 g/mol. The topological polar surface area (TPSA) is 84.9 Å². The number of piperidine rings is 3. The molecular formula is C71H82Br3Cl3N6O3. The van der Waals surface area contributed by atoms with Crippen molar-refractivity contribution in [3.63, 3.8) is 0 Å². The SMILES string of the molecule is COCCCC1CC(=C2c3ccc(Cl)cc3CCc3cc(Br)cnc32)CCN1.COCCCC1CC(=C2c3ccc(Cl)cc3CCc3cc(Br)cnc32)CCN1C.COCCCC1CC(=C2c3ccc(Cl)cc3CCc3cc(Br)cnc32)CCN1C. The molecular weight excluding hydrogens is 1330 g/mol. The van der Waals surface area contributed by atoms with E-state index in [9.17, 15) is 0 Å². The van der Waals surface area contributed by atoms with Crippen LogP contribution in [-0.4, -0.2) is 118 Å². The van der Waals surface area contributed by atoms with E-state index in [1.54, 1.807) is 21.3 Å². The quantitative estimate of drug-likeness (QED) is 0.120. The first-order chi connectivity index (χ1) is 41.8. The van der Waals surface area contributed by atoms with Crippen LogP contribution in [0.2, 0.25) is 15.1 Å². The second kappa shape index (κ2) is 31.4. The summed E-state index contributed by atoms with van der Waals surface area (Å²) >= 11 is 29.9. The summed E-state index contributed by atoms with van der Waals surface area (Å²) in [5, 5.41) is 6.13. The minimum atomic E-state index is 0.504. The zero-order valence-electron chi connectivity index (χ0n) is 50.6. The van der Waals surface area contributed by atoms with Crippen LogP contribution in [0.25, 0.3) is 16.7 Å². The normalized spacial score (nSPS) is 22.0. The van der Waals surface area contributed by atoms with Crippen LogP contribution in [0.4, 0.5) is 0 Å². The van der Waals surface area contributed by atoms with Gasteiger partial charge in [0.2, 0.25) is 0 Å². The molecule has 0 amide bonds. The van der Waals surface area contributed by atoms with Crippen LogP contribution in [0.15, 0.2) is 122 Å². The van der Waals surface area contributed by atoms with Crippen LogP contribution < -0.4 is 5.32 Å².